The Morgan fingerprint density at radius 3 is 2.30 bits per heavy atom. The zero-order chi connectivity index (χ0) is 17.1. The fourth-order valence-corrected chi connectivity index (χ4v) is 2.62. The molecule has 0 saturated heterocycles. The molecule has 1 heterocycles. The van der Waals surface area contributed by atoms with Crippen LogP contribution in [0.1, 0.15) is 44.5 Å². The van der Waals surface area contributed by atoms with Crippen LogP contribution in [-0.4, -0.2) is 22.8 Å². The largest absolute Gasteiger partial charge is 0.451 e. The number of ketones is 1. The maximum absolute atomic E-state index is 12.3. The van der Waals surface area contributed by atoms with Gasteiger partial charge in [-0.05, 0) is 39.3 Å². The lowest BCUT2D eigenvalue weighted by Crippen LogP contribution is -2.25. The number of hydrogen-bond donors (Lipinski definition) is 0. The van der Waals surface area contributed by atoms with Crippen LogP contribution in [0.5, 0.6) is 0 Å². The van der Waals surface area contributed by atoms with Crippen molar-refractivity contribution >= 4 is 23.4 Å². The topological polar surface area (TPSA) is 56.3 Å². The summed E-state index contributed by atoms with van der Waals surface area (Å²) in [6.45, 7) is 7.03. The number of ether oxygens (including phenoxy) is 1. The van der Waals surface area contributed by atoms with Gasteiger partial charge in [-0.15, -0.1) is 0 Å². The third-order valence-corrected chi connectivity index (χ3v) is 3.77. The van der Waals surface area contributed by atoms with Crippen LogP contribution in [-0.2, 0) is 4.74 Å². The van der Waals surface area contributed by atoms with Crippen molar-refractivity contribution in [2.75, 3.05) is 0 Å². The first kappa shape index (κ1) is 17.2. The van der Waals surface area contributed by atoms with E-state index >= 15 is 0 Å². The van der Waals surface area contributed by atoms with Crippen molar-refractivity contribution in [3.63, 3.8) is 0 Å². The van der Waals surface area contributed by atoms with Crippen LogP contribution < -0.4 is 0 Å². The molecule has 0 spiro atoms. The Bertz CT molecular complexity index is 730. The molecule has 0 aliphatic rings. The van der Waals surface area contributed by atoms with Crippen LogP contribution in [0.2, 0.25) is 5.15 Å². The molecular weight excluding hydrogens is 314 g/mol. The van der Waals surface area contributed by atoms with Crippen molar-refractivity contribution in [3.05, 3.63) is 63.4 Å². The Kier molecular flexibility index (Phi) is 5.16. The number of Topliss-reactive ketones (excluding diaryl/α,β-unsaturated/α-hetero) is 1. The van der Waals surface area contributed by atoms with E-state index in [1.165, 1.54) is 0 Å². The van der Waals surface area contributed by atoms with E-state index in [1.807, 2.05) is 19.1 Å². The van der Waals surface area contributed by atoms with Gasteiger partial charge in [0.1, 0.15) is 5.15 Å². The first-order valence-corrected chi connectivity index (χ1v) is 7.63. The summed E-state index contributed by atoms with van der Waals surface area (Å²) >= 11 is 6.03. The normalized spacial score (nSPS) is 11.9. The minimum atomic E-state index is -0.901. The fraction of sp³-hybridized carbons (Fsp3) is 0.278. The predicted molar refractivity (Wildman–Crippen MR) is 89.1 cm³/mol. The second-order valence-electron chi connectivity index (χ2n) is 5.52. The predicted octanol–water partition coefficient (Wildman–Crippen LogP) is 4.09. The highest BCUT2D eigenvalue weighted by molar-refractivity contribution is 6.32. The van der Waals surface area contributed by atoms with Gasteiger partial charge in [-0.2, -0.15) is 0 Å². The molecule has 0 fully saturated rings. The number of hydrogen-bond acceptors (Lipinski definition) is 4. The molecule has 0 aliphatic heterocycles. The Morgan fingerprint density at radius 1 is 1.13 bits per heavy atom. The van der Waals surface area contributed by atoms with E-state index in [1.54, 1.807) is 39.0 Å². The minimum absolute atomic E-state index is 0.0856. The highest BCUT2D eigenvalue weighted by Gasteiger charge is 2.23. The SMILES string of the molecule is Cc1ccc(C(=O)[C@@H](C)OC(=O)c2c(C)cc(C)nc2Cl)cc1. The van der Waals surface area contributed by atoms with E-state index in [-0.39, 0.29) is 16.5 Å². The number of halogens is 1. The number of esters is 1. The molecule has 0 unspecified atom stereocenters. The van der Waals surface area contributed by atoms with Crippen molar-refractivity contribution in [2.24, 2.45) is 0 Å². The molecule has 23 heavy (non-hydrogen) atoms. The van der Waals surface area contributed by atoms with E-state index in [0.717, 1.165) is 5.56 Å². The zero-order valence-corrected chi connectivity index (χ0v) is 14.3. The van der Waals surface area contributed by atoms with Gasteiger partial charge >= 0.3 is 5.97 Å². The molecule has 0 aliphatic carbocycles. The smallest absolute Gasteiger partial charge is 0.342 e. The summed E-state index contributed by atoms with van der Waals surface area (Å²) in [5, 5.41) is 0.0856. The Balaban J connectivity index is 2.17. The number of carbonyl (C=O) groups excluding carboxylic acids is 2. The van der Waals surface area contributed by atoms with Gasteiger partial charge in [0.25, 0.3) is 0 Å². The molecule has 0 radical (unpaired) electrons. The first-order valence-electron chi connectivity index (χ1n) is 7.25. The van der Waals surface area contributed by atoms with Crippen molar-refractivity contribution in [1.29, 1.82) is 0 Å². The molecule has 120 valence electrons. The lowest BCUT2D eigenvalue weighted by molar-refractivity contribution is 0.0318. The second-order valence-corrected chi connectivity index (χ2v) is 5.88. The van der Waals surface area contributed by atoms with Gasteiger partial charge in [0, 0.05) is 11.3 Å². The quantitative estimate of drug-likeness (QED) is 0.481. The van der Waals surface area contributed by atoms with Gasteiger partial charge in [0.15, 0.2) is 6.10 Å². The van der Waals surface area contributed by atoms with Gasteiger partial charge < -0.3 is 4.74 Å². The van der Waals surface area contributed by atoms with E-state index in [4.69, 9.17) is 16.3 Å². The van der Waals surface area contributed by atoms with Gasteiger partial charge in [0.05, 0.1) is 5.56 Å². The Morgan fingerprint density at radius 2 is 1.74 bits per heavy atom. The van der Waals surface area contributed by atoms with Crippen LogP contribution in [0.3, 0.4) is 0 Å². The number of aromatic nitrogens is 1. The number of pyridine rings is 1. The average molecular weight is 332 g/mol. The van der Waals surface area contributed by atoms with Gasteiger partial charge in [-0.25, -0.2) is 9.78 Å². The summed E-state index contributed by atoms with van der Waals surface area (Å²) in [7, 11) is 0. The van der Waals surface area contributed by atoms with Crippen LogP contribution in [0.15, 0.2) is 30.3 Å². The lowest BCUT2D eigenvalue weighted by Gasteiger charge is -2.14. The third kappa shape index (κ3) is 3.96. The molecule has 2 aromatic rings. The Labute approximate surface area is 140 Å². The van der Waals surface area contributed by atoms with E-state index in [9.17, 15) is 9.59 Å². The number of rotatable bonds is 4. The number of aryl methyl sites for hydroxylation is 3. The van der Waals surface area contributed by atoms with Crippen LogP contribution in [0, 0.1) is 20.8 Å². The van der Waals surface area contributed by atoms with Gasteiger partial charge in [0.2, 0.25) is 5.78 Å². The molecule has 4 nitrogen and oxygen atoms in total. The van der Waals surface area contributed by atoms with Crippen LogP contribution in [0.4, 0.5) is 0 Å². The first-order chi connectivity index (χ1) is 10.8. The fourth-order valence-electron chi connectivity index (χ4n) is 2.26. The number of carbonyl (C=O) groups is 2. The standard InChI is InChI=1S/C18H18ClNO3/c1-10-5-7-14(8-6-10)16(21)13(4)23-18(22)15-11(2)9-12(3)20-17(15)19/h5-9,13H,1-4H3/t13-/m1/s1. The summed E-state index contributed by atoms with van der Waals surface area (Å²) in [5.41, 5.74) is 3.14. The van der Waals surface area contributed by atoms with Gasteiger partial charge in [-0.1, -0.05) is 41.4 Å². The van der Waals surface area contributed by atoms with Crippen molar-refractivity contribution in [1.82, 2.24) is 4.98 Å². The maximum Gasteiger partial charge on any atom is 0.342 e. The zero-order valence-electron chi connectivity index (χ0n) is 13.5. The molecule has 5 heteroatoms. The van der Waals surface area contributed by atoms with E-state index in [0.29, 0.717) is 16.8 Å². The minimum Gasteiger partial charge on any atom is -0.451 e. The summed E-state index contributed by atoms with van der Waals surface area (Å²) in [5.74, 6) is -0.903. The molecule has 1 aromatic carbocycles. The highest BCUT2D eigenvalue weighted by atomic mass is 35.5. The second kappa shape index (κ2) is 6.92. The summed E-state index contributed by atoms with van der Waals surface area (Å²) in [6.07, 6.45) is -0.901. The summed E-state index contributed by atoms with van der Waals surface area (Å²) in [4.78, 5) is 28.7. The molecule has 1 aromatic heterocycles. The van der Waals surface area contributed by atoms with Crippen molar-refractivity contribution in [3.8, 4) is 0 Å². The highest BCUT2D eigenvalue weighted by Crippen LogP contribution is 2.21. The summed E-state index contributed by atoms with van der Waals surface area (Å²) in [6, 6.07) is 8.86. The van der Waals surface area contributed by atoms with Gasteiger partial charge in [-0.3, -0.25) is 4.79 Å². The number of benzene rings is 1. The molecule has 0 saturated carbocycles. The molecule has 0 amide bonds. The average Bonchev–Trinajstić information content (AvgIpc) is 2.46. The van der Waals surface area contributed by atoms with Crippen molar-refractivity contribution < 1.29 is 14.3 Å². The van der Waals surface area contributed by atoms with E-state index < -0.39 is 12.1 Å². The van der Waals surface area contributed by atoms with Crippen LogP contribution >= 0.6 is 11.6 Å². The van der Waals surface area contributed by atoms with E-state index in [2.05, 4.69) is 4.98 Å². The molecule has 0 bridgehead atoms. The molecule has 1 atom stereocenters. The summed E-state index contributed by atoms with van der Waals surface area (Å²) < 4.78 is 5.27. The maximum atomic E-state index is 12.3. The lowest BCUT2D eigenvalue weighted by atomic mass is 10.1. The molecule has 0 N–H and O–H groups in total. The van der Waals surface area contributed by atoms with Crippen LogP contribution in [0.25, 0.3) is 0 Å². The molecular formula is C18H18ClNO3. The van der Waals surface area contributed by atoms with Crippen molar-refractivity contribution in [2.45, 2.75) is 33.8 Å². The Hall–Kier alpha value is -2.20. The number of nitrogens with zero attached hydrogens (tertiary/aromatic N) is 1. The monoisotopic (exact) mass is 331 g/mol. The third-order valence-electron chi connectivity index (χ3n) is 3.49. The molecule has 2 rings (SSSR count).